The van der Waals surface area contributed by atoms with Gasteiger partial charge in [-0.25, -0.2) is 15.0 Å². The number of carbonyl (C=O) groups is 1. The Morgan fingerprint density at radius 1 is 1.25 bits per heavy atom. The van der Waals surface area contributed by atoms with Crippen LogP contribution in [0.15, 0.2) is 23.8 Å². The molecule has 1 fully saturated rings. The van der Waals surface area contributed by atoms with Crippen LogP contribution < -0.4 is 10.2 Å². The minimum atomic E-state index is 0.176. The summed E-state index contributed by atoms with van der Waals surface area (Å²) in [7, 11) is 0. The lowest BCUT2D eigenvalue weighted by Crippen LogP contribution is -2.36. The maximum absolute atomic E-state index is 12.4. The zero-order chi connectivity index (χ0) is 16.8. The van der Waals surface area contributed by atoms with Crippen LogP contribution in [0, 0.1) is 6.92 Å². The van der Waals surface area contributed by atoms with Crippen molar-refractivity contribution in [2.24, 2.45) is 0 Å². The molecule has 0 aromatic carbocycles. The minimum absolute atomic E-state index is 0.176. The summed E-state index contributed by atoms with van der Waals surface area (Å²) in [4.78, 5) is 29.4. The third kappa shape index (κ3) is 4.41. The van der Waals surface area contributed by atoms with Gasteiger partial charge < -0.3 is 15.1 Å². The predicted octanol–water partition coefficient (Wildman–Crippen LogP) is 1.78. The van der Waals surface area contributed by atoms with Crippen molar-refractivity contribution in [1.29, 1.82) is 0 Å². The number of aromatic nitrogens is 3. The second-order valence-corrected chi connectivity index (χ2v) is 6.58. The molecule has 1 aliphatic heterocycles. The summed E-state index contributed by atoms with van der Waals surface area (Å²) in [6.07, 6.45) is 4.79. The smallest absolute Gasteiger partial charge is 0.224 e. The second-order valence-electron chi connectivity index (χ2n) is 5.74. The van der Waals surface area contributed by atoms with E-state index in [1.807, 2.05) is 11.8 Å². The number of thiazole rings is 1. The lowest BCUT2D eigenvalue weighted by molar-refractivity contribution is -0.130. The third-order valence-corrected chi connectivity index (χ3v) is 4.93. The van der Waals surface area contributed by atoms with E-state index in [2.05, 4.69) is 30.5 Å². The van der Waals surface area contributed by atoms with Gasteiger partial charge in [-0.3, -0.25) is 4.79 Å². The number of anilines is 2. The lowest BCUT2D eigenvalue weighted by atomic mass is 10.3. The number of hydrogen-bond donors (Lipinski definition) is 1. The molecular formula is C16H22N6OS. The summed E-state index contributed by atoms with van der Waals surface area (Å²) in [6.45, 7) is 5.91. The van der Waals surface area contributed by atoms with Crippen molar-refractivity contribution >= 4 is 28.3 Å². The minimum Gasteiger partial charge on any atom is -0.354 e. The second kappa shape index (κ2) is 8.05. The lowest BCUT2D eigenvalue weighted by Gasteiger charge is -2.21. The Kier molecular flexibility index (Phi) is 5.58. The third-order valence-electron chi connectivity index (χ3n) is 3.91. The van der Waals surface area contributed by atoms with E-state index in [4.69, 9.17) is 0 Å². The van der Waals surface area contributed by atoms with E-state index in [-0.39, 0.29) is 5.91 Å². The van der Waals surface area contributed by atoms with Crippen LogP contribution in [0.5, 0.6) is 0 Å². The first-order chi connectivity index (χ1) is 11.7. The van der Waals surface area contributed by atoms with Gasteiger partial charge in [0, 0.05) is 56.9 Å². The summed E-state index contributed by atoms with van der Waals surface area (Å²) in [5.74, 6) is 0.738. The first-order valence-corrected chi connectivity index (χ1v) is 9.06. The number of rotatable bonds is 5. The molecule has 1 saturated heterocycles. The topological polar surface area (TPSA) is 74.2 Å². The van der Waals surface area contributed by atoms with Crippen LogP contribution in [-0.2, 0) is 4.79 Å². The molecular weight excluding hydrogens is 324 g/mol. The molecule has 0 spiro atoms. The van der Waals surface area contributed by atoms with Crippen LogP contribution in [-0.4, -0.2) is 58.5 Å². The van der Waals surface area contributed by atoms with Crippen molar-refractivity contribution < 1.29 is 4.79 Å². The summed E-state index contributed by atoms with van der Waals surface area (Å²) < 4.78 is 0. The summed E-state index contributed by atoms with van der Waals surface area (Å²) >= 11 is 1.67. The number of carbonyl (C=O) groups excluding carboxylic acids is 1. The Balaban J connectivity index is 1.46. The number of nitrogens with zero attached hydrogens (tertiary/aromatic N) is 5. The van der Waals surface area contributed by atoms with Gasteiger partial charge in [-0.15, -0.1) is 11.3 Å². The summed E-state index contributed by atoms with van der Waals surface area (Å²) in [6, 6.07) is 1.77. The van der Waals surface area contributed by atoms with E-state index in [0.717, 1.165) is 43.4 Å². The van der Waals surface area contributed by atoms with Crippen molar-refractivity contribution in [3.05, 3.63) is 29.5 Å². The van der Waals surface area contributed by atoms with E-state index in [1.165, 1.54) is 0 Å². The van der Waals surface area contributed by atoms with E-state index < -0.39 is 0 Å². The van der Waals surface area contributed by atoms with Gasteiger partial charge in [0.25, 0.3) is 0 Å². The van der Waals surface area contributed by atoms with Gasteiger partial charge in [-0.2, -0.15) is 0 Å². The SMILES string of the molecule is Cc1csc(N2CCCN(C(=O)CCNc3ncccn3)CC2)n1. The molecule has 2 aromatic heterocycles. The van der Waals surface area contributed by atoms with Gasteiger partial charge in [0.15, 0.2) is 5.13 Å². The van der Waals surface area contributed by atoms with Gasteiger partial charge in [-0.1, -0.05) is 0 Å². The zero-order valence-electron chi connectivity index (χ0n) is 13.8. The predicted molar refractivity (Wildman–Crippen MR) is 95.4 cm³/mol. The highest BCUT2D eigenvalue weighted by molar-refractivity contribution is 7.13. The Labute approximate surface area is 145 Å². The normalized spacial score (nSPS) is 15.2. The van der Waals surface area contributed by atoms with Crippen molar-refractivity contribution in [2.75, 3.05) is 42.9 Å². The molecule has 0 unspecified atom stereocenters. The maximum atomic E-state index is 12.4. The number of hydrogen-bond acceptors (Lipinski definition) is 7. The van der Waals surface area contributed by atoms with E-state index in [0.29, 0.717) is 18.9 Å². The maximum Gasteiger partial charge on any atom is 0.224 e. The molecule has 128 valence electrons. The average molecular weight is 346 g/mol. The van der Waals surface area contributed by atoms with Crippen LogP contribution in [0.2, 0.25) is 0 Å². The van der Waals surface area contributed by atoms with Crippen LogP contribution in [0.25, 0.3) is 0 Å². The van der Waals surface area contributed by atoms with E-state index in [9.17, 15) is 4.79 Å². The molecule has 8 heteroatoms. The molecule has 1 amide bonds. The quantitative estimate of drug-likeness (QED) is 0.890. The zero-order valence-corrected chi connectivity index (χ0v) is 14.6. The largest absolute Gasteiger partial charge is 0.354 e. The van der Waals surface area contributed by atoms with Gasteiger partial charge in [0.05, 0.1) is 5.69 Å². The number of aryl methyl sites for hydroxylation is 1. The molecule has 1 N–H and O–H groups in total. The number of amides is 1. The first-order valence-electron chi connectivity index (χ1n) is 8.18. The van der Waals surface area contributed by atoms with Gasteiger partial charge >= 0.3 is 0 Å². The van der Waals surface area contributed by atoms with Crippen molar-refractivity contribution in [3.63, 3.8) is 0 Å². The molecule has 0 saturated carbocycles. The van der Waals surface area contributed by atoms with Crippen LogP contribution in [0.1, 0.15) is 18.5 Å². The van der Waals surface area contributed by atoms with Gasteiger partial charge in [-0.05, 0) is 19.4 Å². The summed E-state index contributed by atoms with van der Waals surface area (Å²) in [5.41, 5.74) is 1.06. The fraction of sp³-hybridized carbons (Fsp3) is 0.500. The molecule has 3 rings (SSSR count). The molecule has 0 radical (unpaired) electrons. The van der Waals surface area contributed by atoms with Crippen LogP contribution in [0.4, 0.5) is 11.1 Å². The van der Waals surface area contributed by atoms with E-state index in [1.54, 1.807) is 29.8 Å². The number of nitrogens with one attached hydrogen (secondary N) is 1. The van der Waals surface area contributed by atoms with Crippen molar-refractivity contribution in [2.45, 2.75) is 19.8 Å². The van der Waals surface area contributed by atoms with Crippen LogP contribution >= 0.6 is 11.3 Å². The molecule has 3 heterocycles. The van der Waals surface area contributed by atoms with Crippen LogP contribution in [0.3, 0.4) is 0 Å². The Hall–Kier alpha value is -2.22. The Morgan fingerprint density at radius 3 is 2.83 bits per heavy atom. The van der Waals surface area contributed by atoms with E-state index >= 15 is 0 Å². The highest BCUT2D eigenvalue weighted by atomic mass is 32.1. The standard InChI is InChI=1S/C16H22N6OS/c1-13-12-24-16(20-13)22-9-3-8-21(10-11-22)14(23)4-7-19-15-17-5-2-6-18-15/h2,5-6,12H,3-4,7-11H2,1H3,(H,17,18,19). The molecule has 0 atom stereocenters. The fourth-order valence-corrected chi connectivity index (χ4v) is 3.53. The Morgan fingerprint density at radius 2 is 2.08 bits per heavy atom. The van der Waals surface area contributed by atoms with Gasteiger partial charge in [0.1, 0.15) is 0 Å². The fourth-order valence-electron chi connectivity index (χ4n) is 2.67. The molecule has 2 aromatic rings. The summed E-state index contributed by atoms with van der Waals surface area (Å²) in [5, 5.41) is 6.21. The molecule has 7 nitrogen and oxygen atoms in total. The van der Waals surface area contributed by atoms with Gasteiger partial charge in [0.2, 0.25) is 11.9 Å². The highest BCUT2D eigenvalue weighted by Crippen LogP contribution is 2.21. The Bertz CT molecular complexity index is 662. The molecule has 0 aliphatic carbocycles. The molecule has 1 aliphatic rings. The molecule has 0 bridgehead atoms. The monoisotopic (exact) mass is 346 g/mol. The van der Waals surface area contributed by atoms with Crippen molar-refractivity contribution in [1.82, 2.24) is 19.9 Å². The molecule has 24 heavy (non-hydrogen) atoms. The first kappa shape index (κ1) is 16.6. The van der Waals surface area contributed by atoms with Crippen molar-refractivity contribution in [3.8, 4) is 0 Å². The highest BCUT2D eigenvalue weighted by Gasteiger charge is 2.20. The average Bonchev–Trinajstić information content (AvgIpc) is 2.88.